The summed E-state index contributed by atoms with van der Waals surface area (Å²) < 4.78 is 0. The molecule has 6 nitrogen and oxygen atoms in total. The van der Waals surface area contributed by atoms with Gasteiger partial charge in [0.15, 0.2) is 5.82 Å². The number of amides is 1. The molecule has 0 spiro atoms. The first kappa shape index (κ1) is 17.5. The number of hydrogen-bond donors (Lipinski definition) is 2. The van der Waals surface area contributed by atoms with E-state index in [2.05, 4.69) is 29.0 Å². The van der Waals surface area contributed by atoms with Gasteiger partial charge in [-0.2, -0.15) is 0 Å². The number of carbonyl (C=O) groups excluding carboxylic acids is 1. The molecule has 0 bridgehead atoms. The van der Waals surface area contributed by atoms with Gasteiger partial charge in [-0.1, -0.05) is 30.3 Å². The Bertz CT molecular complexity index is 979. The van der Waals surface area contributed by atoms with Crippen LogP contribution in [0.1, 0.15) is 31.0 Å². The number of hydrogen-bond acceptors (Lipinski definition) is 4. The number of piperidine rings is 1. The number of benzene rings is 1. The lowest BCUT2D eigenvalue weighted by molar-refractivity contribution is -0.119. The third-order valence-electron chi connectivity index (χ3n) is 5.29. The van der Waals surface area contributed by atoms with Crippen LogP contribution in [-0.2, 0) is 4.79 Å². The van der Waals surface area contributed by atoms with Crippen LogP contribution < -0.4 is 10.2 Å². The van der Waals surface area contributed by atoms with Gasteiger partial charge in [-0.15, -0.1) is 0 Å². The van der Waals surface area contributed by atoms with Crippen LogP contribution >= 0.6 is 0 Å². The molecule has 1 aromatic carbocycles. The highest BCUT2D eigenvalue weighted by atomic mass is 16.1. The maximum absolute atomic E-state index is 11.5. The van der Waals surface area contributed by atoms with Crippen molar-refractivity contribution in [3.63, 3.8) is 0 Å². The fourth-order valence-electron chi connectivity index (χ4n) is 3.86. The minimum absolute atomic E-state index is 0.0216. The Morgan fingerprint density at radius 3 is 2.74 bits per heavy atom. The second kappa shape index (κ2) is 7.02. The summed E-state index contributed by atoms with van der Waals surface area (Å²) in [6.07, 6.45) is 2.03. The summed E-state index contributed by atoms with van der Waals surface area (Å²) in [5, 5.41) is 4.14. The van der Waals surface area contributed by atoms with E-state index in [1.54, 1.807) is 6.92 Å². The number of nitrogens with one attached hydrogen (secondary N) is 2. The molecule has 2 aromatic heterocycles. The Hall–Kier alpha value is -2.89. The van der Waals surface area contributed by atoms with Crippen LogP contribution in [0, 0.1) is 13.8 Å². The number of nitrogens with zero attached hydrogens (tertiary/aromatic N) is 3. The highest BCUT2D eigenvalue weighted by molar-refractivity contribution is 5.93. The average molecular weight is 363 g/mol. The van der Waals surface area contributed by atoms with Crippen LogP contribution in [0.25, 0.3) is 22.4 Å². The van der Waals surface area contributed by atoms with Crippen LogP contribution in [0.4, 0.5) is 5.82 Å². The number of aryl methyl sites for hydroxylation is 2. The standard InChI is InChI=1S/C21H25N5O/c1-13-14(2)22-20-18(13)21(25-19(24-20)16-8-5-4-6-9-16)26-11-7-10-17(12-26)23-15(3)27/h4-6,8-9,17H,7,10-12H2,1-3H3,(H,23,27)(H,22,24,25). The molecule has 3 heterocycles. The molecule has 140 valence electrons. The molecule has 6 heteroatoms. The van der Waals surface area contributed by atoms with E-state index in [-0.39, 0.29) is 11.9 Å². The van der Waals surface area contributed by atoms with Gasteiger partial charge in [0.25, 0.3) is 0 Å². The van der Waals surface area contributed by atoms with Crippen LogP contribution in [0.3, 0.4) is 0 Å². The SMILES string of the molecule is CC(=O)NC1CCCN(c2nc(-c3ccccc3)nc3[nH]c(C)c(C)c23)C1. The summed E-state index contributed by atoms with van der Waals surface area (Å²) in [5.74, 6) is 1.70. The van der Waals surface area contributed by atoms with Gasteiger partial charge < -0.3 is 15.2 Å². The predicted molar refractivity (Wildman–Crippen MR) is 108 cm³/mol. The fraction of sp³-hybridized carbons (Fsp3) is 0.381. The van der Waals surface area contributed by atoms with Crippen molar-refractivity contribution in [3.8, 4) is 11.4 Å². The molecule has 1 aliphatic heterocycles. The van der Waals surface area contributed by atoms with Crippen molar-refractivity contribution in [2.75, 3.05) is 18.0 Å². The summed E-state index contributed by atoms with van der Waals surface area (Å²) in [6.45, 7) is 7.45. The van der Waals surface area contributed by atoms with Crippen molar-refractivity contribution < 1.29 is 4.79 Å². The zero-order chi connectivity index (χ0) is 19.0. The van der Waals surface area contributed by atoms with Gasteiger partial charge in [-0.25, -0.2) is 9.97 Å². The van der Waals surface area contributed by atoms with Crippen molar-refractivity contribution in [3.05, 3.63) is 41.6 Å². The molecule has 1 amide bonds. The van der Waals surface area contributed by atoms with Gasteiger partial charge in [0.05, 0.1) is 5.39 Å². The monoisotopic (exact) mass is 363 g/mol. The van der Waals surface area contributed by atoms with Gasteiger partial charge in [0, 0.05) is 37.3 Å². The Morgan fingerprint density at radius 2 is 2.00 bits per heavy atom. The number of carbonyl (C=O) groups is 1. The lowest BCUT2D eigenvalue weighted by Crippen LogP contribution is -2.47. The van der Waals surface area contributed by atoms with Gasteiger partial charge in [-0.05, 0) is 32.3 Å². The first-order valence-electron chi connectivity index (χ1n) is 9.47. The van der Waals surface area contributed by atoms with Crippen LogP contribution in [-0.4, -0.2) is 40.0 Å². The molecule has 0 aliphatic carbocycles. The van der Waals surface area contributed by atoms with Crippen LogP contribution in [0.2, 0.25) is 0 Å². The molecule has 1 atom stereocenters. The van der Waals surface area contributed by atoms with Gasteiger partial charge >= 0.3 is 0 Å². The van der Waals surface area contributed by atoms with E-state index in [1.807, 2.05) is 30.3 Å². The molecule has 2 N–H and O–H groups in total. The lowest BCUT2D eigenvalue weighted by atomic mass is 10.0. The van der Waals surface area contributed by atoms with Gasteiger partial charge in [0.2, 0.25) is 5.91 Å². The maximum Gasteiger partial charge on any atom is 0.217 e. The molecule has 1 saturated heterocycles. The van der Waals surface area contributed by atoms with Gasteiger partial charge in [0.1, 0.15) is 11.5 Å². The number of rotatable bonds is 3. The summed E-state index contributed by atoms with van der Waals surface area (Å²) >= 11 is 0. The second-order valence-corrected chi connectivity index (χ2v) is 7.32. The number of H-pyrrole nitrogens is 1. The third-order valence-corrected chi connectivity index (χ3v) is 5.29. The molecule has 1 fully saturated rings. The predicted octanol–water partition coefficient (Wildman–Crippen LogP) is 3.35. The molecule has 1 aliphatic rings. The largest absolute Gasteiger partial charge is 0.354 e. The fourth-order valence-corrected chi connectivity index (χ4v) is 3.86. The quantitative estimate of drug-likeness (QED) is 0.748. The molecule has 0 radical (unpaired) electrons. The first-order valence-corrected chi connectivity index (χ1v) is 9.47. The topological polar surface area (TPSA) is 73.9 Å². The van der Waals surface area contributed by atoms with E-state index >= 15 is 0 Å². The van der Waals surface area contributed by atoms with Crippen LogP contribution in [0.15, 0.2) is 30.3 Å². The third kappa shape index (κ3) is 3.39. The van der Waals surface area contributed by atoms with Crippen LogP contribution in [0.5, 0.6) is 0 Å². The van der Waals surface area contributed by atoms with E-state index < -0.39 is 0 Å². The maximum atomic E-state index is 11.5. The molecule has 27 heavy (non-hydrogen) atoms. The minimum atomic E-state index is 0.0216. The zero-order valence-corrected chi connectivity index (χ0v) is 16.0. The number of aromatic nitrogens is 3. The molecule has 4 rings (SSSR count). The van der Waals surface area contributed by atoms with E-state index in [0.717, 1.165) is 59.9 Å². The molecule has 1 unspecified atom stereocenters. The van der Waals surface area contributed by atoms with E-state index in [4.69, 9.17) is 9.97 Å². The van der Waals surface area contributed by atoms with E-state index in [1.165, 1.54) is 5.56 Å². The molecular formula is C21H25N5O. The summed E-state index contributed by atoms with van der Waals surface area (Å²) in [7, 11) is 0. The van der Waals surface area contributed by atoms with Crippen molar-refractivity contribution in [2.45, 2.75) is 39.7 Å². The number of anilines is 1. The van der Waals surface area contributed by atoms with Crippen molar-refractivity contribution in [1.82, 2.24) is 20.3 Å². The Balaban J connectivity index is 1.81. The summed E-state index contributed by atoms with van der Waals surface area (Å²) in [6, 6.07) is 10.2. The highest BCUT2D eigenvalue weighted by Gasteiger charge is 2.25. The Morgan fingerprint density at radius 1 is 1.22 bits per heavy atom. The van der Waals surface area contributed by atoms with Crippen molar-refractivity contribution in [1.29, 1.82) is 0 Å². The van der Waals surface area contributed by atoms with Crippen molar-refractivity contribution >= 4 is 22.8 Å². The first-order chi connectivity index (χ1) is 13.0. The zero-order valence-electron chi connectivity index (χ0n) is 16.0. The van der Waals surface area contributed by atoms with E-state index in [0.29, 0.717) is 0 Å². The van der Waals surface area contributed by atoms with Gasteiger partial charge in [-0.3, -0.25) is 4.79 Å². The lowest BCUT2D eigenvalue weighted by Gasteiger charge is -2.34. The summed E-state index contributed by atoms with van der Waals surface area (Å²) in [5.41, 5.74) is 4.17. The van der Waals surface area contributed by atoms with E-state index in [9.17, 15) is 4.79 Å². The molecule has 0 saturated carbocycles. The molecule has 3 aromatic rings. The minimum Gasteiger partial charge on any atom is -0.354 e. The highest BCUT2D eigenvalue weighted by Crippen LogP contribution is 2.32. The normalized spacial score (nSPS) is 17.3. The van der Waals surface area contributed by atoms with Crippen molar-refractivity contribution in [2.24, 2.45) is 0 Å². The number of aromatic amines is 1. The Labute approximate surface area is 159 Å². The average Bonchev–Trinajstić information content (AvgIpc) is 2.95. The summed E-state index contributed by atoms with van der Waals surface area (Å²) in [4.78, 5) is 27.0. The molecular weight excluding hydrogens is 338 g/mol. The smallest absolute Gasteiger partial charge is 0.217 e. The Kier molecular flexibility index (Phi) is 4.56. The number of fused-ring (bicyclic) bond motifs is 1. The second-order valence-electron chi connectivity index (χ2n) is 7.32.